The Kier molecular flexibility index (Phi) is 4.42. The average molecular weight is 328 g/mol. The predicted octanol–water partition coefficient (Wildman–Crippen LogP) is 2.39. The molecule has 0 aromatic heterocycles. The molecule has 0 saturated heterocycles. The molecule has 0 aliphatic carbocycles. The van der Waals surface area contributed by atoms with Gasteiger partial charge in [0.1, 0.15) is 22.1 Å². The van der Waals surface area contributed by atoms with Gasteiger partial charge in [-0.05, 0) is 20.8 Å². The van der Waals surface area contributed by atoms with Gasteiger partial charge in [-0.25, -0.2) is 26.7 Å². The molecule has 0 fully saturated rings. The number of rotatable bonds is 3. The molecular weight excluding hydrogens is 316 g/mol. The fourth-order valence-corrected chi connectivity index (χ4v) is 3.60. The van der Waals surface area contributed by atoms with Crippen LogP contribution in [-0.2, 0) is 10.0 Å². The second kappa shape index (κ2) is 5.27. The highest BCUT2D eigenvalue weighted by Crippen LogP contribution is 2.31. The first-order valence-electron chi connectivity index (χ1n) is 5.31. The van der Waals surface area contributed by atoms with E-state index in [1.54, 1.807) is 0 Å². The predicted molar refractivity (Wildman–Crippen MR) is 68.4 cm³/mol. The van der Waals surface area contributed by atoms with Crippen molar-refractivity contribution >= 4 is 27.6 Å². The van der Waals surface area contributed by atoms with Gasteiger partial charge in [-0.15, -0.1) is 0 Å². The van der Waals surface area contributed by atoms with Crippen LogP contribution in [0.4, 0.5) is 8.78 Å². The van der Waals surface area contributed by atoms with Gasteiger partial charge >= 0.3 is 5.97 Å². The lowest BCUT2D eigenvalue weighted by molar-refractivity contribution is 0.0691. The molecule has 0 radical (unpaired) electrons. The van der Waals surface area contributed by atoms with E-state index in [0.29, 0.717) is 0 Å². The molecule has 1 rings (SSSR count). The molecule has 0 aliphatic heterocycles. The Bertz CT molecular complexity index is 668. The zero-order chi connectivity index (χ0) is 15.9. The van der Waals surface area contributed by atoms with Crippen LogP contribution in [0.1, 0.15) is 31.1 Å². The van der Waals surface area contributed by atoms with Crippen molar-refractivity contribution in [2.45, 2.75) is 31.2 Å². The average Bonchev–Trinajstić information content (AvgIpc) is 2.09. The molecule has 5 nitrogen and oxygen atoms in total. The number of benzene rings is 1. The maximum absolute atomic E-state index is 13.7. The van der Waals surface area contributed by atoms with Crippen molar-refractivity contribution in [3.05, 3.63) is 28.3 Å². The molecule has 1 aromatic rings. The Morgan fingerprint density at radius 2 is 1.80 bits per heavy atom. The third kappa shape index (κ3) is 3.44. The molecule has 1 aromatic carbocycles. The molecule has 20 heavy (non-hydrogen) atoms. The number of hydrogen-bond donors (Lipinski definition) is 2. The highest BCUT2D eigenvalue weighted by molar-refractivity contribution is 7.89. The van der Waals surface area contributed by atoms with Crippen LogP contribution in [-0.4, -0.2) is 25.0 Å². The Morgan fingerprint density at radius 1 is 1.30 bits per heavy atom. The minimum atomic E-state index is -4.44. The van der Waals surface area contributed by atoms with Crippen molar-refractivity contribution in [1.82, 2.24) is 4.72 Å². The number of carboxylic acids is 1. The molecular formula is C11H12ClF2NO4S. The fourth-order valence-electron chi connectivity index (χ4n) is 1.47. The minimum Gasteiger partial charge on any atom is -0.478 e. The van der Waals surface area contributed by atoms with Crippen molar-refractivity contribution in [3.8, 4) is 0 Å². The molecule has 0 atom stereocenters. The van der Waals surface area contributed by atoms with Crippen LogP contribution in [0, 0.1) is 11.6 Å². The van der Waals surface area contributed by atoms with Crippen LogP contribution in [0.2, 0.25) is 5.02 Å². The van der Waals surface area contributed by atoms with Gasteiger partial charge in [0, 0.05) is 11.6 Å². The van der Waals surface area contributed by atoms with Gasteiger partial charge < -0.3 is 5.11 Å². The number of carboxylic acid groups (broad SMARTS) is 1. The molecule has 0 spiro atoms. The van der Waals surface area contributed by atoms with E-state index < -0.39 is 48.6 Å². The van der Waals surface area contributed by atoms with Gasteiger partial charge in [0.15, 0.2) is 0 Å². The summed E-state index contributed by atoms with van der Waals surface area (Å²) in [6.45, 7) is 4.49. The Hall–Kier alpha value is -1.25. The summed E-state index contributed by atoms with van der Waals surface area (Å²) < 4.78 is 53.2. The quantitative estimate of drug-likeness (QED) is 0.893. The maximum atomic E-state index is 13.7. The van der Waals surface area contributed by atoms with E-state index in [-0.39, 0.29) is 6.07 Å². The number of hydrogen-bond acceptors (Lipinski definition) is 3. The van der Waals surface area contributed by atoms with E-state index in [4.69, 9.17) is 16.7 Å². The highest BCUT2D eigenvalue weighted by Gasteiger charge is 2.32. The number of nitrogens with one attached hydrogen (secondary N) is 1. The summed E-state index contributed by atoms with van der Waals surface area (Å²) in [5.41, 5.74) is -2.05. The molecule has 0 saturated carbocycles. The Labute approximate surface area is 119 Å². The molecule has 0 amide bonds. The van der Waals surface area contributed by atoms with Gasteiger partial charge in [-0.1, -0.05) is 11.6 Å². The standard InChI is InChI=1S/C11H12ClF2NO4S/c1-11(2,3)15-20(18,19)9-6(14)4-5(13)7(8(9)12)10(16)17/h4,15H,1-3H3,(H,16,17). The van der Waals surface area contributed by atoms with Gasteiger partial charge in [-0.3, -0.25) is 0 Å². The first-order chi connectivity index (χ1) is 8.87. The minimum absolute atomic E-state index is 0.173. The summed E-state index contributed by atoms with van der Waals surface area (Å²) in [5, 5.41) is 7.79. The lowest BCUT2D eigenvalue weighted by Crippen LogP contribution is -2.41. The molecule has 0 aliphatic rings. The SMILES string of the molecule is CC(C)(C)NS(=O)(=O)c1c(F)cc(F)c(C(=O)O)c1Cl. The lowest BCUT2D eigenvalue weighted by Gasteiger charge is -2.21. The summed E-state index contributed by atoms with van der Waals surface area (Å²) in [7, 11) is -4.44. The lowest BCUT2D eigenvalue weighted by atomic mass is 10.1. The molecule has 9 heteroatoms. The first-order valence-corrected chi connectivity index (χ1v) is 7.17. The van der Waals surface area contributed by atoms with Gasteiger partial charge in [-0.2, -0.15) is 0 Å². The number of aromatic carboxylic acids is 1. The van der Waals surface area contributed by atoms with Crippen LogP contribution in [0.3, 0.4) is 0 Å². The Morgan fingerprint density at radius 3 is 2.20 bits per heavy atom. The summed E-state index contributed by atoms with van der Waals surface area (Å²) >= 11 is 5.55. The van der Waals surface area contributed by atoms with E-state index >= 15 is 0 Å². The third-order valence-corrected chi connectivity index (χ3v) is 4.36. The van der Waals surface area contributed by atoms with E-state index in [9.17, 15) is 22.0 Å². The molecule has 0 unspecified atom stereocenters. The van der Waals surface area contributed by atoms with Crippen molar-refractivity contribution < 1.29 is 27.1 Å². The van der Waals surface area contributed by atoms with Crippen LogP contribution in [0.5, 0.6) is 0 Å². The summed E-state index contributed by atoms with van der Waals surface area (Å²) in [5.74, 6) is -4.70. The molecule has 2 N–H and O–H groups in total. The summed E-state index contributed by atoms with van der Waals surface area (Å²) in [6.07, 6.45) is 0. The summed E-state index contributed by atoms with van der Waals surface area (Å²) in [6, 6.07) is 0.173. The van der Waals surface area contributed by atoms with Crippen molar-refractivity contribution in [2.75, 3.05) is 0 Å². The van der Waals surface area contributed by atoms with Gasteiger partial charge in [0.2, 0.25) is 10.0 Å². The zero-order valence-electron chi connectivity index (χ0n) is 10.8. The first kappa shape index (κ1) is 16.8. The van der Waals surface area contributed by atoms with E-state index in [0.717, 1.165) is 0 Å². The zero-order valence-corrected chi connectivity index (χ0v) is 12.4. The van der Waals surface area contributed by atoms with Crippen LogP contribution in [0.25, 0.3) is 0 Å². The summed E-state index contributed by atoms with van der Waals surface area (Å²) in [4.78, 5) is 9.77. The largest absolute Gasteiger partial charge is 0.478 e. The topological polar surface area (TPSA) is 83.5 Å². The monoisotopic (exact) mass is 327 g/mol. The molecule has 0 bridgehead atoms. The van der Waals surface area contributed by atoms with Gasteiger partial charge in [0.25, 0.3) is 0 Å². The third-order valence-electron chi connectivity index (χ3n) is 2.05. The van der Waals surface area contributed by atoms with Gasteiger partial charge in [0.05, 0.1) is 5.02 Å². The highest BCUT2D eigenvalue weighted by atomic mass is 35.5. The van der Waals surface area contributed by atoms with Crippen LogP contribution in [0.15, 0.2) is 11.0 Å². The van der Waals surface area contributed by atoms with E-state index in [1.807, 2.05) is 0 Å². The number of halogens is 3. The second-order valence-corrected chi connectivity index (χ2v) is 7.02. The van der Waals surface area contributed by atoms with Crippen LogP contribution < -0.4 is 4.72 Å². The molecule has 112 valence electrons. The smallest absolute Gasteiger partial charge is 0.340 e. The maximum Gasteiger partial charge on any atom is 0.340 e. The fraction of sp³-hybridized carbons (Fsp3) is 0.364. The van der Waals surface area contributed by atoms with E-state index in [1.165, 1.54) is 20.8 Å². The normalized spacial score (nSPS) is 12.5. The number of sulfonamides is 1. The molecule has 0 heterocycles. The number of carbonyl (C=O) groups is 1. The Balaban J connectivity index is 3.62. The van der Waals surface area contributed by atoms with Crippen molar-refractivity contribution in [1.29, 1.82) is 0 Å². The van der Waals surface area contributed by atoms with Crippen LogP contribution >= 0.6 is 11.6 Å². The van der Waals surface area contributed by atoms with Crippen molar-refractivity contribution in [2.24, 2.45) is 0 Å². The second-order valence-electron chi connectivity index (χ2n) is 5.02. The van der Waals surface area contributed by atoms with E-state index in [2.05, 4.69) is 4.72 Å². The van der Waals surface area contributed by atoms with Crippen molar-refractivity contribution in [3.63, 3.8) is 0 Å².